The first-order valence-corrected chi connectivity index (χ1v) is 9.49. The van der Waals surface area contributed by atoms with Gasteiger partial charge in [-0.1, -0.05) is 33.1 Å². The Balaban J connectivity index is 3.54. The van der Waals surface area contributed by atoms with E-state index in [0.29, 0.717) is 0 Å². The van der Waals surface area contributed by atoms with Gasteiger partial charge in [0.1, 0.15) is 0 Å². The third-order valence-corrected chi connectivity index (χ3v) is 6.62. The molecule has 0 aromatic rings. The van der Waals surface area contributed by atoms with Crippen LogP contribution in [-0.2, 0) is 13.3 Å². The number of unbranched alkanes of at least 4 members (excludes halogenated alkanes) is 4. The summed E-state index contributed by atoms with van der Waals surface area (Å²) < 4.78 is 16.2. The van der Waals surface area contributed by atoms with Crippen LogP contribution in [0.25, 0.3) is 0 Å². The molecule has 4 nitrogen and oxygen atoms in total. The molecule has 0 saturated carbocycles. The van der Waals surface area contributed by atoms with Gasteiger partial charge in [0.25, 0.3) is 0 Å². The van der Waals surface area contributed by atoms with Crippen LogP contribution in [0.3, 0.4) is 0 Å². The van der Waals surface area contributed by atoms with Crippen LogP contribution in [0.15, 0.2) is 0 Å². The second-order valence-electron chi connectivity index (χ2n) is 4.84. The second-order valence-corrected chi connectivity index (χ2v) is 7.93. The van der Waals surface area contributed by atoms with Crippen LogP contribution >= 0.6 is 0 Å². The molecule has 0 aromatic heterocycles. The number of hydrogen-bond donors (Lipinski definition) is 0. The van der Waals surface area contributed by atoms with Gasteiger partial charge in [-0.2, -0.15) is 0 Å². The Morgan fingerprint density at radius 2 is 1.21 bits per heavy atom. The topological polar surface area (TPSA) is 30.9 Å². The summed E-state index contributed by atoms with van der Waals surface area (Å²) in [5, 5.41) is 0. The first-order chi connectivity index (χ1) is 9.17. The predicted molar refractivity (Wildman–Crippen MR) is 82.5 cm³/mol. The summed E-state index contributed by atoms with van der Waals surface area (Å²) in [7, 11) is 2.73. The van der Waals surface area contributed by atoms with Gasteiger partial charge in [-0.25, -0.2) is 0 Å². The van der Waals surface area contributed by atoms with Crippen LogP contribution < -0.4 is 0 Å². The highest BCUT2D eigenvalue weighted by atomic mass is 28.4. The molecule has 0 fully saturated rings. The molecule has 0 rings (SSSR count). The zero-order valence-corrected chi connectivity index (χ0v) is 14.5. The molecule has 116 valence electrons. The van der Waals surface area contributed by atoms with Crippen LogP contribution in [-0.4, -0.2) is 54.7 Å². The maximum absolute atomic E-state index is 5.41. The van der Waals surface area contributed by atoms with Crippen molar-refractivity contribution in [2.75, 3.05) is 41.0 Å². The van der Waals surface area contributed by atoms with E-state index in [-0.39, 0.29) is 0 Å². The molecule has 0 radical (unpaired) electrons. The molecule has 0 saturated heterocycles. The first-order valence-electron chi connectivity index (χ1n) is 7.55. The third-order valence-electron chi connectivity index (χ3n) is 3.78. The fraction of sp³-hybridized carbons (Fsp3) is 1.00. The Hall–Kier alpha value is 0.0569. The van der Waals surface area contributed by atoms with E-state index in [1.165, 1.54) is 45.3 Å². The lowest BCUT2D eigenvalue weighted by Gasteiger charge is -2.24. The van der Waals surface area contributed by atoms with Crippen LogP contribution in [0.2, 0.25) is 6.04 Å². The van der Waals surface area contributed by atoms with Gasteiger partial charge < -0.3 is 18.2 Å². The molecule has 19 heavy (non-hydrogen) atoms. The minimum absolute atomic E-state index is 0.923. The van der Waals surface area contributed by atoms with Crippen molar-refractivity contribution in [3.63, 3.8) is 0 Å². The van der Waals surface area contributed by atoms with Crippen LogP contribution in [0.1, 0.15) is 46.0 Å². The van der Waals surface area contributed by atoms with E-state index >= 15 is 0 Å². The lowest BCUT2D eigenvalue weighted by molar-refractivity contribution is 0.122. The van der Waals surface area contributed by atoms with E-state index in [4.69, 9.17) is 13.3 Å². The molecule has 0 amide bonds. The zero-order chi connectivity index (χ0) is 14.6. The second kappa shape index (κ2) is 11.8. The highest BCUT2D eigenvalue weighted by Gasteiger charge is 2.36. The smallest absolute Gasteiger partial charge is 0.377 e. The fourth-order valence-electron chi connectivity index (χ4n) is 2.30. The molecular weight excluding hydrogens is 258 g/mol. The van der Waals surface area contributed by atoms with Gasteiger partial charge in [-0.3, -0.25) is 0 Å². The van der Waals surface area contributed by atoms with Crippen LogP contribution in [0.5, 0.6) is 0 Å². The normalized spacial score (nSPS) is 12.3. The van der Waals surface area contributed by atoms with E-state index in [2.05, 4.69) is 18.7 Å². The summed E-state index contributed by atoms with van der Waals surface area (Å²) in [5.41, 5.74) is 0. The minimum Gasteiger partial charge on any atom is -0.377 e. The lowest BCUT2D eigenvalue weighted by Crippen LogP contribution is -2.42. The van der Waals surface area contributed by atoms with Crippen LogP contribution in [0, 0.1) is 0 Å². The third kappa shape index (κ3) is 8.04. The lowest BCUT2D eigenvalue weighted by atomic mass is 10.1. The SMILES string of the molecule is CCN(CC)CCCCCCC[Si](OC)(OC)OC. The maximum atomic E-state index is 5.41. The van der Waals surface area contributed by atoms with Crippen molar-refractivity contribution in [3.8, 4) is 0 Å². The summed E-state index contributed by atoms with van der Waals surface area (Å²) in [4.78, 5) is 2.48. The molecular formula is C14H33NO3Si. The average molecular weight is 292 g/mol. The van der Waals surface area contributed by atoms with Gasteiger partial charge in [0, 0.05) is 27.4 Å². The molecule has 0 unspecified atom stereocenters. The largest absolute Gasteiger partial charge is 0.500 e. The van der Waals surface area contributed by atoms with E-state index in [1.807, 2.05) is 0 Å². The van der Waals surface area contributed by atoms with Gasteiger partial charge in [0.15, 0.2) is 0 Å². The van der Waals surface area contributed by atoms with Crippen molar-refractivity contribution in [2.24, 2.45) is 0 Å². The first kappa shape index (κ1) is 19.1. The molecule has 0 heterocycles. The molecule has 0 spiro atoms. The highest BCUT2D eigenvalue weighted by molar-refractivity contribution is 6.60. The average Bonchev–Trinajstić information content (AvgIpc) is 2.47. The highest BCUT2D eigenvalue weighted by Crippen LogP contribution is 2.17. The molecule has 0 aliphatic heterocycles. The van der Waals surface area contributed by atoms with E-state index < -0.39 is 8.80 Å². The minimum atomic E-state index is -2.32. The van der Waals surface area contributed by atoms with Gasteiger partial charge in [0.05, 0.1) is 0 Å². The van der Waals surface area contributed by atoms with E-state index in [0.717, 1.165) is 12.5 Å². The van der Waals surface area contributed by atoms with Crippen LogP contribution in [0.4, 0.5) is 0 Å². The Morgan fingerprint density at radius 3 is 1.68 bits per heavy atom. The molecule has 0 N–H and O–H groups in total. The van der Waals surface area contributed by atoms with Crippen molar-refractivity contribution in [1.29, 1.82) is 0 Å². The number of hydrogen-bond acceptors (Lipinski definition) is 4. The summed E-state index contributed by atoms with van der Waals surface area (Å²) in [5.74, 6) is 0. The molecule has 0 aromatic carbocycles. The van der Waals surface area contributed by atoms with Gasteiger partial charge in [-0.15, -0.1) is 0 Å². The van der Waals surface area contributed by atoms with Crippen molar-refractivity contribution >= 4 is 8.80 Å². The monoisotopic (exact) mass is 291 g/mol. The molecule has 0 aliphatic carbocycles. The Morgan fingerprint density at radius 1 is 0.737 bits per heavy atom. The zero-order valence-electron chi connectivity index (χ0n) is 13.5. The van der Waals surface area contributed by atoms with Gasteiger partial charge in [0.2, 0.25) is 0 Å². The predicted octanol–water partition coefficient (Wildman–Crippen LogP) is 3.16. The number of nitrogens with zero attached hydrogens (tertiary/aromatic N) is 1. The Bertz CT molecular complexity index is 189. The van der Waals surface area contributed by atoms with Crippen molar-refractivity contribution in [1.82, 2.24) is 4.90 Å². The standard InChI is InChI=1S/C14H33NO3Si/c1-6-15(7-2)13-11-9-8-10-12-14-19(16-3,17-4)18-5/h6-14H2,1-5H3. The maximum Gasteiger partial charge on any atom is 0.500 e. The molecule has 0 bridgehead atoms. The summed E-state index contributed by atoms with van der Waals surface area (Å²) in [6.45, 7) is 8.03. The molecule has 0 atom stereocenters. The summed E-state index contributed by atoms with van der Waals surface area (Å²) >= 11 is 0. The van der Waals surface area contributed by atoms with E-state index in [1.54, 1.807) is 21.3 Å². The number of rotatable bonds is 13. The van der Waals surface area contributed by atoms with Gasteiger partial charge in [-0.05, 0) is 32.5 Å². The van der Waals surface area contributed by atoms with E-state index in [9.17, 15) is 0 Å². The van der Waals surface area contributed by atoms with Crippen molar-refractivity contribution in [3.05, 3.63) is 0 Å². The Labute approximate surface area is 120 Å². The van der Waals surface area contributed by atoms with Crippen molar-refractivity contribution in [2.45, 2.75) is 52.0 Å². The fourth-order valence-corrected chi connectivity index (χ4v) is 4.10. The molecule has 0 aliphatic rings. The Kier molecular flexibility index (Phi) is 11.9. The summed E-state index contributed by atoms with van der Waals surface area (Å²) in [6.07, 6.45) is 6.29. The quantitative estimate of drug-likeness (QED) is 0.385. The summed E-state index contributed by atoms with van der Waals surface area (Å²) in [6, 6.07) is 0.923. The molecule has 5 heteroatoms. The van der Waals surface area contributed by atoms with Crippen molar-refractivity contribution < 1.29 is 13.3 Å². The van der Waals surface area contributed by atoms with Gasteiger partial charge >= 0.3 is 8.80 Å².